The van der Waals surface area contributed by atoms with E-state index in [9.17, 15) is 4.39 Å². The van der Waals surface area contributed by atoms with Crippen LogP contribution in [0.2, 0.25) is 0 Å². The molecule has 1 nitrogen and oxygen atoms in total. The quantitative estimate of drug-likeness (QED) is 0.807. The third-order valence-corrected chi connectivity index (χ3v) is 3.62. The molecule has 1 unspecified atom stereocenters. The van der Waals surface area contributed by atoms with E-state index in [-0.39, 0.29) is 5.82 Å². The van der Waals surface area contributed by atoms with Crippen molar-refractivity contribution in [1.29, 1.82) is 0 Å². The van der Waals surface area contributed by atoms with Crippen molar-refractivity contribution >= 4 is 17.4 Å². The van der Waals surface area contributed by atoms with Crippen LogP contribution in [0.3, 0.4) is 0 Å². The van der Waals surface area contributed by atoms with Gasteiger partial charge in [-0.2, -0.15) is 11.8 Å². The predicted molar refractivity (Wildman–Crippen MR) is 60.5 cm³/mol. The van der Waals surface area contributed by atoms with Crippen molar-refractivity contribution in [1.82, 2.24) is 0 Å². The van der Waals surface area contributed by atoms with Gasteiger partial charge in [0.1, 0.15) is 5.82 Å². The van der Waals surface area contributed by atoms with E-state index in [0.29, 0.717) is 11.6 Å². The van der Waals surface area contributed by atoms with Crippen LogP contribution in [0.5, 0.6) is 0 Å². The molecule has 3 heteroatoms. The molecule has 0 spiro atoms. The fourth-order valence-electron chi connectivity index (χ4n) is 1.62. The smallest absolute Gasteiger partial charge is 0.126 e. The number of hydrogen-bond donors (Lipinski definition) is 1. The molecule has 76 valence electrons. The van der Waals surface area contributed by atoms with Crippen molar-refractivity contribution in [3.63, 3.8) is 0 Å². The Hall–Kier alpha value is -0.700. The molecular weight excluding hydrogens is 197 g/mol. The molecule has 14 heavy (non-hydrogen) atoms. The molecule has 1 heterocycles. The van der Waals surface area contributed by atoms with Crippen LogP contribution in [0.4, 0.5) is 10.1 Å². The standard InChI is InChI=1S/C11H14FNS/c1-8-6-9(2-3-11(8)12)13-10-4-5-14-7-10/h2-3,6,10,13H,4-5,7H2,1H3. The minimum Gasteiger partial charge on any atom is -0.381 e. The highest BCUT2D eigenvalue weighted by Gasteiger charge is 2.14. The molecule has 1 aliphatic heterocycles. The molecule has 1 aromatic carbocycles. The van der Waals surface area contributed by atoms with Crippen molar-refractivity contribution in [3.8, 4) is 0 Å². The molecule has 1 atom stereocenters. The van der Waals surface area contributed by atoms with E-state index < -0.39 is 0 Å². The van der Waals surface area contributed by atoms with E-state index in [4.69, 9.17) is 0 Å². The molecule has 1 saturated heterocycles. The van der Waals surface area contributed by atoms with Crippen LogP contribution >= 0.6 is 11.8 Å². The van der Waals surface area contributed by atoms with Gasteiger partial charge >= 0.3 is 0 Å². The Morgan fingerprint density at radius 1 is 1.50 bits per heavy atom. The lowest BCUT2D eigenvalue weighted by molar-refractivity contribution is 0.618. The second-order valence-electron chi connectivity index (χ2n) is 3.67. The first-order valence-electron chi connectivity index (χ1n) is 4.86. The average molecular weight is 211 g/mol. The van der Waals surface area contributed by atoms with Gasteiger partial charge in [-0.1, -0.05) is 0 Å². The first-order valence-corrected chi connectivity index (χ1v) is 6.01. The zero-order valence-electron chi connectivity index (χ0n) is 8.22. The van der Waals surface area contributed by atoms with E-state index in [1.807, 2.05) is 23.9 Å². The predicted octanol–water partition coefficient (Wildman–Crippen LogP) is 3.05. The lowest BCUT2D eigenvalue weighted by Gasteiger charge is -2.13. The van der Waals surface area contributed by atoms with E-state index in [1.54, 1.807) is 6.92 Å². The van der Waals surface area contributed by atoms with E-state index in [2.05, 4.69) is 5.32 Å². The zero-order chi connectivity index (χ0) is 9.97. The van der Waals surface area contributed by atoms with Gasteiger partial charge in [-0.3, -0.25) is 0 Å². The molecule has 1 aromatic rings. The minimum atomic E-state index is -0.128. The lowest BCUT2D eigenvalue weighted by Crippen LogP contribution is -2.18. The van der Waals surface area contributed by atoms with Crippen molar-refractivity contribution in [2.24, 2.45) is 0 Å². The topological polar surface area (TPSA) is 12.0 Å². The van der Waals surface area contributed by atoms with Crippen LogP contribution in [-0.4, -0.2) is 17.5 Å². The summed E-state index contributed by atoms with van der Waals surface area (Å²) in [7, 11) is 0. The summed E-state index contributed by atoms with van der Waals surface area (Å²) in [5, 5.41) is 3.42. The van der Waals surface area contributed by atoms with E-state index in [1.165, 1.54) is 18.2 Å². The van der Waals surface area contributed by atoms with Crippen LogP contribution in [0.25, 0.3) is 0 Å². The summed E-state index contributed by atoms with van der Waals surface area (Å²) in [4.78, 5) is 0. The number of aryl methyl sites for hydroxylation is 1. The van der Waals surface area contributed by atoms with Gasteiger partial charge < -0.3 is 5.32 Å². The summed E-state index contributed by atoms with van der Waals surface area (Å²) in [6, 6.07) is 5.77. The van der Waals surface area contributed by atoms with Gasteiger partial charge in [-0.15, -0.1) is 0 Å². The van der Waals surface area contributed by atoms with Crippen molar-refractivity contribution in [2.45, 2.75) is 19.4 Å². The van der Waals surface area contributed by atoms with Crippen LogP contribution in [0, 0.1) is 12.7 Å². The summed E-state index contributed by atoms with van der Waals surface area (Å²) in [5.74, 6) is 2.27. The molecule has 2 rings (SSSR count). The molecular formula is C11H14FNS. The Kier molecular flexibility index (Phi) is 2.96. The normalized spacial score (nSPS) is 21.1. The number of anilines is 1. The van der Waals surface area contributed by atoms with Crippen LogP contribution in [-0.2, 0) is 0 Å². The van der Waals surface area contributed by atoms with Gasteiger partial charge in [-0.05, 0) is 42.9 Å². The molecule has 0 amide bonds. The maximum atomic E-state index is 13.0. The second kappa shape index (κ2) is 4.22. The number of hydrogen-bond acceptors (Lipinski definition) is 2. The third-order valence-electron chi connectivity index (χ3n) is 2.46. The molecule has 1 fully saturated rings. The lowest BCUT2D eigenvalue weighted by atomic mass is 10.2. The number of halogens is 1. The molecule has 0 radical (unpaired) electrons. The van der Waals surface area contributed by atoms with Crippen LogP contribution in [0.1, 0.15) is 12.0 Å². The number of nitrogens with one attached hydrogen (secondary N) is 1. The van der Waals surface area contributed by atoms with Gasteiger partial charge in [-0.25, -0.2) is 4.39 Å². The second-order valence-corrected chi connectivity index (χ2v) is 4.82. The largest absolute Gasteiger partial charge is 0.381 e. The summed E-state index contributed by atoms with van der Waals surface area (Å²) in [6.07, 6.45) is 1.21. The summed E-state index contributed by atoms with van der Waals surface area (Å²) in [5.41, 5.74) is 1.75. The molecule has 0 saturated carbocycles. The first-order chi connectivity index (χ1) is 6.75. The monoisotopic (exact) mass is 211 g/mol. The zero-order valence-corrected chi connectivity index (χ0v) is 9.03. The highest BCUT2D eigenvalue weighted by Crippen LogP contribution is 2.22. The maximum absolute atomic E-state index is 13.0. The Balaban J connectivity index is 2.05. The first kappa shape index (κ1) is 9.84. The Morgan fingerprint density at radius 2 is 2.36 bits per heavy atom. The highest BCUT2D eigenvalue weighted by molar-refractivity contribution is 7.99. The Labute approximate surface area is 88.1 Å². The summed E-state index contributed by atoms with van der Waals surface area (Å²) >= 11 is 1.97. The third kappa shape index (κ3) is 2.21. The highest BCUT2D eigenvalue weighted by atomic mass is 32.2. The summed E-state index contributed by atoms with van der Waals surface area (Å²) < 4.78 is 13.0. The van der Waals surface area contributed by atoms with Crippen LogP contribution in [0.15, 0.2) is 18.2 Å². The van der Waals surface area contributed by atoms with Crippen LogP contribution < -0.4 is 5.32 Å². The fourth-order valence-corrected chi connectivity index (χ4v) is 2.77. The molecule has 1 aliphatic rings. The van der Waals surface area contributed by atoms with Gasteiger partial charge in [0.2, 0.25) is 0 Å². The van der Waals surface area contributed by atoms with Crippen molar-refractivity contribution < 1.29 is 4.39 Å². The molecule has 1 N–H and O–H groups in total. The Morgan fingerprint density at radius 3 is 3.00 bits per heavy atom. The van der Waals surface area contributed by atoms with Gasteiger partial charge in [0.25, 0.3) is 0 Å². The van der Waals surface area contributed by atoms with Crippen molar-refractivity contribution in [3.05, 3.63) is 29.6 Å². The number of rotatable bonds is 2. The van der Waals surface area contributed by atoms with Crippen molar-refractivity contribution in [2.75, 3.05) is 16.8 Å². The molecule has 0 aromatic heterocycles. The van der Waals surface area contributed by atoms with E-state index >= 15 is 0 Å². The number of thioether (sulfide) groups is 1. The van der Waals surface area contributed by atoms with Gasteiger partial charge in [0.05, 0.1) is 0 Å². The summed E-state index contributed by atoms with van der Waals surface area (Å²) in [6.45, 7) is 1.80. The van der Waals surface area contributed by atoms with E-state index in [0.717, 1.165) is 11.4 Å². The number of benzene rings is 1. The SMILES string of the molecule is Cc1cc(NC2CCSC2)ccc1F. The maximum Gasteiger partial charge on any atom is 0.126 e. The fraction of sp³-hybridized carbons (Fsp3) is 0.455. The molecule has 0 aliphatic carbocycles. The Bertz CT molecular complexity index is 321. The van der Waals surface area contributed by atoms with Gasteiger partial charge in [0.15, 0.2) is 0 Å². The molecule has 0 bridgehead atoms. The average Bonchev–Trinajstić information content (AvgIpc) is 2.64. The van der Waals surface area contributed by atoms with Gasteiger partial charge in [0, 0.05) is 17.5 Å². The minimum absolute atomic E-state index is 0.128.